The second kappa shape index (κ2) is 8.63. The maximum Gasteiger partial charge on any atom is 0.289 e. The second-order valence-electron chi connectivity index (χ2n) is 7.75. The normalized spacial score (nSPS) is 15.0. The molecule has 1 amide bonds. The molecule has 0 bridgehead atoms. The lowest BCUT2D eigenvalue weighted by atomic mass is 10.1. The van der Waals surface area contributed by atoms with Gasteiger partial charge in [-0.2, -0.15) is 0 Å². The molecule has 1 fully saturated rings. The van der Waals surface area contributed by atoms with E-state index >= 15 is 0 Å². The summed E-state index contributed by atoms with van der Waals surface area (Å²) in [5, 5.41) is 1.25. The van der Waals surface area contributed by atoms with Crippen LogP contribution in [0, 0.1) is 13.8 Å². The van der Waals surface area contributed by atoms with Gasteiger partial charge in [-0.15, -0.1) is 11.3 Å². The number of amides is 1. The highest BCUT2D eigenvalue weighted by molar-refractivity contribution is 7.23. The van der Waals surface area contributed by atoms with Crippen LogP contribution in [0.5, 0.6) is 0 Å². The summed E-state index contributed by atoms with van der Waals surface area (Å²) in [7, 11) is 0. The molecule has 2 aromatic carbocycles. The van der Waals surface area contributed by atoms with Crippen molar-refractivity contribution < 1.29 is 9.53 Å². The Morgan fingerprint density at radius 3 is 2.68 bits per heavy atom. The van der Waals surface area contributed by atoms with E-state index in [1.807, 2.05) is 29.2 Å². The van der Waals surface area contributed by atoms with Gasteiger partial charge in [0.15, 0.2) is 10.1 Å². The van der Waals surface area contributed by atoms with Gasteiger partial charge in [0.25, 0.3) is 5.91 Å². The number of fused-ring (bicyclic) bond motifs is 2. The number of aromatic nitrogens is 2. The monoisotopic (exact) mass is 452 g/mol. The van der Waals surface area contributed by atoms with Gasteiger partial charge in [0.05, 0.1) is 33.6 Å². The van der Waals surface area contributed by atoms with Crippen molar-refractivity contribution in [3.63, 3.8) is 0 Å². The van der Waals surface area contributed by atoms with Crippen molar-refractivity contribution in [3.8, 4) is 0 Å². The molecule has 0 radical (unpaired) electrons. The van der Waals surface area contributed by atoms with E-state index in [0.29, 0.717) is 11.6 Å². The van der Waals surface area contributed by atoms with Gasteiger partial charge in [-0.1, -0.05) is 29.5 Å². The lowest BCUT2D eigenvalue weighted by molar-refractivity contribution is 0.0391. The first kappa shape index (κ1) is 20.5. The van der Waals surface area contributed by atoms with E-state index in [4.69, 9.17) is 9.72 Å². The van der Waals surface area contributed by atoms with E-state index in [1.165, 1.54) is 22.5 Å². The minimum Gasteiger partial charge on any atom is -0.379 e. The third-order valence-corrected chi connectivity index (χ3v) is 7.84. The smallest absolute Gasteiger partial charge is 0.289 e. The Balaban J connectivity index is 1.50. The average molecular weight is 453 g/mol. The minimum absolute atomic E-state index is 0.0807. The van der Waals surface area contributed by atoms with Crippen molar-refractivity contribution in [1.29, 1.82) is 0 Å². The van der Waals surface area contributed by atoms with Crippen LogP contribution in [0.4, 0.5) is 5.13 Å². The molecule has 1 saturated heterocycles. The predicted molar refractivity (Wildman–Crippen MR) is 128 cm³/mol. The van der Waals surface area contributed by atoms with Gasteiger partial charge in [0.1, 0.15) is 0 Å². The molecule has 0 aliphatic carbocycles. The average Bonchev–Trinajstić information content (AvgIpc) is 3.42. The van der Waals surface area contributed by atoms with E-state index in [9.17, 15) is 4.79 Å². The molecule has 1 aliphatic rings. The zero-order valence-electron chi connectivity index (χ0n) is 17.6. The van der Waals surface area contributed by atoms with E-state index in [1.54, 1.807) is 11.3 Å². The number of rotatable bonds is 5. The highest BCUT2D eigenvalue weighted by atomic mass is 32.1. The number of para-hydroxylation sites is 1. The molecule has 160 valence electrons. The fraction of sp³-hybridized carbons (Fsp3) is 0.348. The first-order valence-corrected chi connectivity index (χ1v) is 12.1. The van der Waals surface area contributed by atoms with Crippen LogP contribution in [0.1, 0.15) is 20.9 Å². The highest BCUT2D eigenvalue weighted by Crippen LogP contribution is 2.33. The Hall–Kier alpha value is -2.39. The third-order valence-electron chi connectivity index (χ3n) is 5.77. The molecule has 0 saturated carbocycles. The molecule has 0 N–H and O–H groups in total. The van der Waals surface area contributed by atoms with Crippen LogP contribution in [0.3, 0.4) is 0 Å². The molecule has 31 heavy (non-hydrogen) atoms. The second-order valence-corrected chi connectivity index (χ2v) is 9.79. The Morgan fingerprint density at radius 1 is 1.06 bits per heavy atom. The Bertz CT molecular complexity index is 1210. The number of aryl methyl sites for hydroxylation is 2. The molecule has 6 nitrogen and oxygen atoms in total. The van der Waals surface area contributed by atoms with E-state index in [-0.39, 0.29) is 5.91 Å². The molecule has 0 spiro atoms. The first-order chi connectivity index (χ1) is 15.1. The maximum atomic E-state index is 13.6. The van der Waals surface area contributed by atoms with Crippen molar-refractivity contribution in [1.82, 2.24) is 14.9 Å². The molecule has 4 aromatic rings. The molecule has 3 heterocycles. The highest BCUT2D eigenvalue weighted by Gasteiger charge is 2.25. The number of nitrogens with zero attached hydrogens (tertiary/aromatic N) is 4. The summed E-state index contributed by atoms with van der Waals surface area (Å²) in [5.41, 5.74) is 4.22. The molecular formula is C23H24N4O2S2. The molecule has 0 atom stereocenters. The third kappa shape index (κ3) is 4.08. The van der Waals surface area contributed by atoms with Crippen LogP contribution in [-0.4, -0.2) is 60.2 Å². The number of hydrogen-bond donors (Lipinski definition) is 0. The van der Waals surface area contributed by atoms with Gasteiger partial charge in [-0.05, 0) is 43.2 Å². The van der Waals surface area contributed by atoms with Crippen molar-refractivity contribution in [2.24, 2.45) is 0 Å². The summed E-state index contributed by atoms with van der Waals surface area (Å²) < 4.78 is 7.59. The maximum absolute atomic E-state index is 13.6. The fourth-order valence-electron chi connectivity index (χ4n) is 3.76. The van der Waals surface area contributed by atoms with Crippen molar-refractivity contribution in [2.45, 2.75) is 13.8 Å². The summed E-state index contributed by atoms with van der Waals surface area (Å²) in [4.78, 5) is 27.3. The van der Waals surface area contributed by atoms with Crippen LogP contribution in [-0.2, 0) is 4.74 Å². The van der Waals surface area contributed by atoms with Gasteiger partial charge in [-0.25, -0.2) is 9.97 Å². The summed E-state index contributed by atoms with van der Waals surface area (Å²) >= 11 is 3.02. The minimum atomic E-state index is -0.0807. The summed E-state index contributed by atoms with van der Waals surface area (Å²) in [6.45, 7) is 8.81. The molecular weight excluding hydrogens is 428 g/mol. The number of anilines is 1. The van der Waals surface area contributed by atoms with Gasteiger partial charge < -0.3 is 4.74 Å². The molecule has 0 unspecified atom stereocenters. The van der Waals surface area contributed by atoms with Crippen LogP contribution in [0.2, 0.25) is 0 Å². The zero-order valence-corrected chi connectivity index (χ0v) is 19.3. The van der Waals surface area contributed by atoms with Crippen LogP contribution in [0.15, 0.2) is 36.4 Å². The number of thiazole rings is 2. The number of carbonyl (C=O) groups excluding carboxylic acids is 1. The van der Waals surface area contributed by atoms with Crippen LogP contribution < -0.4 is 4.90 Å². The fourth-order valence-corrected chi connectivity index (χ4v) is 5.72. The number of ether oxygens (including phenoxy) is 1. The summed E-state index contributed by atoms with van der Waals surface area (Å²) in [6.07, 6.45) is 0. The Morgan fingerprint density at radius 2 is 1.87 bits per heavy atom. The molecule has 2 aromatic heterocycles. The van der Waals surface area contributed by atoms with E-state index < -0.39 is 0 Å². The molecule has 1 aliphatic heterocycles. The quantitative estimate of drug-likeness (QED) is 0.446. The summed E-state index contributed by atoms with van der Waals surface area (Å²) in [5.74, 6) is -0.0807. The van der Waals surface area contributed by atoms with Gasteiger partial charge in [0.2, 0.25) is 0 Å². The Kier molecular flexibility index (Phi) is 5.71. The van der Waals surface area contributed by atoms with Gasteiger partial charge >= 0.3 is 0 Å². The standard InChI is InChI=1S/C23H24N4O2S2/c1-15-7-8-19-20(16(15)2)25-23(31-19)27(10-9-26-11-13-29-14-12-26)22(28)21-24-17-5-3-4-6-18(17)30-21/h3-8H,9-14H2,1-2H3. The number of hydrogen-bond acceptors (Lipinski definition) is 7. The van der Waals surface area contributed by atoms with Crippen molar-refractivity contribution >= 4 is 54.1 Å². The Labute approximate surface area is 189 Å². The van der Waals surface area contributed by atoms with Crippen molar-refractivity contribution in [3.05, 3.63) is 52.5 Å². The number of carbonyl (C=O) groups is 1. The SMILES string of the molecule is Cc1ccc2sc(N(CCN3CCOCC3)C(=O)c3nc4ccccc4s3)nc2c1C. The largest absolute Gasteiger partial charge is 0.379 e. The van der Waals surface area contributed by atoms with Gasteiger partial charge in [-0.3, -0.25) is 14.6 Å². The van der Waals surface area contributed by atoms with Crippen LogP contribution in [0.25, 0.3) is 20.4 Å². The lowest BCUT2D eigenvalue weighted by Gasteiger charge is -2.28. The number of benzene rings is 2. The topological polar surface area (TPSA) is 58.6 Å². The van der Waals surface area contributed by atoms with Crippen molar-refractivity contribution in [2.75, 3.05) is 44.3 Å². The first-order valence-electron chi connectivity index (χ1n) is 10.4. The van der Waals surface area contributed by atoms with Gasteiger partial charge in [0, 0.05) is 26.2 Å². The zero-order chi connectivity index (χ0) is 21.4. The van der Waals surface area contributed by atoms with Crippen LogP contribution >= 0.6 is 22.7 Å². The molecule has 5 rings (SSSR count). The lowest BCUT2D eigenvalue weighted by Crippen LogP contribution is -2.43. The molecule has 8 heteroatoms. The van der Waals surface area contributed by atoms with E-state index in [0.717, 1.165) is 58.4 Å². The summed E-state index contributed by atoms with van der Waals surface area (Å²) in [6, 6.07) is 12.1. The number of morpholine rings is 1. The van der Waals surface area contributed by atoms with E-state index in [2.05, 4.69) is 35.9 Å². The predicted octanol–water partition coefficient (Wildman–Crippen LogP) is 4.50.